The van der Waals surface area contributed by atoms with Crippen LogP contribution in [0, 0.1) is 11.7 Å². The number of hydrogen-bond acceptors (Lipinski definition) is 2. The first-order chi connectivity index (χ1) is 13.7. The Kier molecular flexibility index (Phi) is 7.66. The highest BCUT2D eigenvalue weighted by Gasteiger charge is 2.26. The molecule has 1 aromatic carbocycles. The Labute approximate surface area is 167 Å². The summed E-state index contributed by atoms with van der Waals surface area (Å²) in [6, 6.07) is 10.7. The number of halogens is 1. The van der Waals surface area contributed by atoms with Gasteiger partial charge in [-0.05, 0) is 49.1 Å². The van der Waals surface area contributed by atoms with Crippen LogP contribution < -0.4 is 0 Å². The van der Waals surface area contributed by atoms with Crippen molar-refractivity contribution < 1.29 is 13.9 Å². The summed E-state index contributed by atoms with van der Waals surface area (Å²) in [5.41, 5.74) is 2.15. The third-order valence-corrected chi connectivity index (χ3v) is 5.59. The van der Waals surface area contributed by atoms with E-state index in [0.717, 1.165) is 43.4 Å². The molecule has 3 rings (SSSR count). The Morgan fingerprint density at radius 1 is 1.18 bits per heavy atom. The van der Waals surface area contributed by atoms with Crippen LogP contribution in [-0.4, -0.2) is 35.6 Å². The fraction of sp³-hybridized carbons (Fsp3) is 0.522. The minimum atomic E-state index is -0.223. The van der Waals surface area contributed by atoms with Crippen molar-refractivity contribution in [3.63, 3.8) is 0 Å². The van der Waals surface area contributed by atoms with E-state index in [1.54, 1.807) is 7.11 Å². The van der Waals surface area contributed by atoms with Gasteiger partial charge in [-0.2, -0.15) is 0 Å². The van der Waals surface area contributed by atoms with Gasteiger partial charge >= 0.3 is 0 Å². The molecule has 1 aliphatic carbocycles. The van der Waals surface area contributed by atoms with Gasteiger partial charge in [-0.3, -0.25) is 4.79 Å². The number of nitrogens with zero attached hydrogens (tertiary/aromatic N) is 2. The van der Waals surface area contributed by atoms with Gasteiger partial charge in [0.05, 0.1) is 6.54 Å². The maximum Gasteiger partial charge on any atom is 0.226 e. The summed E-state index contributed by atoms with van der Waals surface area (Å²) in [6.45, 7) is 2.65. The van der Waals surface area contributed by atoms with Crippen LogP contribution in [0.5, 0.6) is 0 Å². The largest absolute Gasteiger partial charge is 0.385 e. The summed E-state index contributed by atoms with van der Waals surface area (Å²) in [5, 5.41) is 0. The van der Waals surface area contributed by atoms with Crippen LogP contribution in [0.4, 0.5) is 4.39 Å². The van der Waals surface area contributed by atoms with Crippen molar-refractivity contribution in [2.24, 2.45) is 5.92 Å². The molecule has 152 valence electrons. The molecule has 1 heterocycles. The third kappa shape index (κ3) is 5.68. The lowest BCUT2D eigenvalue weighted by atomic mass is 9.88. The van der Waals surface area contributed by atoms with E-state index >= 15 is 0 Å². The zero-order valence-corrected chi connectivity index (χ0v) is 16.8. The molecule has 0 unspecified atom stereocenters. The number of carbonyl (C=O) groups excluding carboxylic acids is 1. The molecule has 0 bridgehead atoms. The van der Waals surface area contributed by atoms with E-state index in [4.69, 9.17) is 4.74 Å². The van der Waals surface area contributed by atoms with Gasteiger partial charge in [-0.15, -0.1) is 0 Å². The standard InChI is InChI=1S/C23H31FN2O2/c1-28-16-6-15-26(23(27)20-7-3-2-4-8-20)18-22-9-5-14-25(22)17-19-10-12-21(24)13-11-19/h5,9-14,20H,2-4,6-8,15-18H2,1H3. The quantitative estimate of drug-likeness (QED) is 0.589. The molecule has 1 saturated carbocycles. The monoisotopic (exact) mass is 386 g/mol. The minimum Gasteiger partial charge on any atom is -0.385 e. The summed E-state index contributed by atoms with van der Waals surface area (Å²) in [7, 11) is 1.70. The third-order valence-electron chi connectivity index (χ3n) is 5.59. The Bertz CT molecular complexity index is 735. The topological polar surface area (TPSA) is 34.5 Å². The highest BCUT2D eigenvalue weighted by Crippen LogP contribution is 2.26. The van der Waals surface area contributed by atoms with Crippen molar-refractivity contribution in [1.29, 1.82) is 0 Å². The van der Waals surface area contributed by atoms with Gasteiger partial charge in [-0.1, -0.05) is 31.4 Å². The maximum atomic E-state index is 13.2. The second-order valence-electron chi connectivity index (χ2n) is 7.69. The van der Waals surface area contributed by atoms with E-state index in [-0.39, 0.29) is 17.6 Å². The van der Waals surface area contributed by atoms with Crippen LogP contribution >= 0.6 is 0 Å². The van der Waals surface area contributed by atoms with Crippen LogP contribution in [0.15, 0.2) is 42.6 Å². The molecule has 4 nitrogen and oxygen atoms in total. The first-order valence-corrected chi connectivity index (χ1v) is 10.3. The maximum absolute atomic E-state index is 13.2. The van der Waals surface area contributed by atoms with Crippen molar-refractivity contribution in [3.8, 4) is 0 Å². The summed E-state index contributed by atoms with van der Waals surface area (Å²) >= 11 is 0. The van der Waals surface area contributed by atoms with E-state index in [1.165, 1.54) is 18.6 Å². The molecule has 0 radical (unpaired) electrons. The fourth-order valence-corrected chi connectivity index (χ4v) is 4.00. The zero-order valence-electron chi connectivity index (χ0n) is 16.8. The average Bonchev–Trinajstić information content (AvgIpc) is 3.16. The van der Waals surface area contributed by atoms with Crippen molar-refractivity contribution in [1.82, 2.24) is 9.47 Å². The number of carbonyl (C=O) groups is 1. The summed E-state index contributed by atoms with van der Waals surface area (Å²) < 4.78 is 20.5. The minimum absolute atomic E-state index is 0.164. The predicted octanol–water partition coefficient (Wildman–Crippen LogP) is 4.62. The van der Waals surface area contributed by atoms with Crippen molar-refractivity contribution in [3.05, 3.63) is 59.7 Å². The Morgan fingerprint density at radius 3 is 2.64 bits per heavy atom. The Hall–Kier alpha value is -2.14. The van der Waals surface area contributed by atoms with Crippen molar-refractivity contribution in [2.75, 3.05) is 20.3 Å². The molecule has 28 heavy (non-hydrogen) atoms. The number of amides is 1. The summed E-state index contributed by atoms with van der Waals surface area (Å²) in [6.07, 6.45) is 8.44. The number of methoxy groups -OCH3 is 1. The molecule has 0 atom stereocenters. The van der Waals surface area contributed by atoms with E-state index < -0.39 is 0 Å². The number of ether oxygens (including phenoxy) is 1. The number of hydrogen-bond donors (Lipinski definition) is 0. The molecule has 1 amide bonds. The van der Waals surface area contributed by atoms with Crippen LogP contribution in [-0.2, 0) is 22.6 Å². The normalized spacial score (nSPS) is 14.9. The van der Waals surface area contributed by atoms with Gasteiger partial charge in [0.2, 0.25) is 5.91 Å². The van der Waals surface area contributed by atoms with Crippen LogP contribution in [0.1, 0.15) is 49.8 Å². The Balaban J connectivity index is 1.70. The molecule has 1 aromatic heterocycles. The lowest BCUT2D eigenvalue weighted by Gasteiger charge is -2.30. The van der Waals surface area contributed by atoms with Crippen molar-refractivity contribution in [2.45, 2.75) is 51.6 Å². The molecule has 1 fully saturated rings. The average molecular weight is 387 g/mol. The second-order valence-corrected chi connectivity index (χ2v) is 7.69. The van der Waals surface area contributed by atoms with Crippen molar-refractivity contribution >= 4 is 5.91 Å². The number of rotatable bonds is 9. The highest BCUT2D eigenvalue weighted by atomic mass is 19.1. The van der Waals surface area contributed by atoms with Gasteiger partial charge < -0.3 is 14.2 Å². The first kappa shape index (κ1) is 20.6. The Morgan fingerprint density at radius 2 is 1.93 bits per heavy atom. The van der Waals surface area contributed by atoms with Crippen LogP contribution in [0.25, 0.3) is 0 Å². The molecule has 0 aliphatic heterocycles. The molecule has 1 aliphatic rings. The van der Waals surface area contributed by atoms with E-state index in [2.05, 4.69) is 10.6 Å². The van der Waals surface area contributed by atoms with Gasteiger partial charge in [0.15, 0.2) is 0 Å². The number of aromatic nitrogens is 1. The molecule has 0 spiro atoms. The SMILES string of the molecule is COCCCN(Cc1cccn1Cc1ccc(F)cc1)C(=O)C1CCCCC1. The number of benzene rings is 1. The van der Waals surface area contributed by atoms with E-state index in [0.29, 0.717) is 26.2 Å². The molecular formula is C23H31FN2O2. The molecule has 0 N–H and O–H groups in total. The van der Waals surface area contributed by atoms with E-state index in [9.17, 15) is 9.18 Å². The van der Waals surface area contributed by atoms with Crippen LogP contribution in [0.2, 0.25) is 0 Å². The smallest absolute Gasteiger partial charge is 0.226 e. The molecule has 0 saturated heterocycles. The second kappa shape index (κ2) is 10.4. The van der Waals surface area contributed by atoms with Crippen LogP contribution in [0.3, 0.4) is 0 Å². The lowest BCUT2D eigenvalue weighted by Crippen LogP contribution is -2.38. The fourth-order valence-electron chi connectivity index (χ4n) is 4.00. The summed E-state index contributed by atoms with van der Waals surface area (Å²) in [5.74, 6) is 0.223. The molecule has 5 heteroatoms. The lowest BCUT2D eigenvalue weighted by molar-refractivity contribution is -0.137. The predicted molar refractivity (Wildman–Crippen MR) is 108 cm³/mol. The van der Waals surface area contributed by atoms with E-state index in [1.807, 2.05) is 29.3 Å². The molecular weight excluding hydrogens is 355 g/mol. The van der Waals surface area contributed by atoms with Gasteiger partial charge in [0.25, 0.3) is 0 Å². The van der Waals surface area contributed by atoms with Gasteiger partial charge in [0, 0.05) is 44.6 Å². The van der Waals surface area contributed by atoms with Gasteiger partial charge in [0.1, 0.15) is 5.82 Å². The molecule has 2 aromatic rings. The highest BCUT2D eigenvalue weighted by molar-refractivity contribution is 5.78. The van der Waals surface area contributed by atoms with Gasteiger partial charge in [-0.25, -0.2) is 4.39 Å². The summed E-state index contributed by atoms with van der Waals surface area (Å²) in [4.78, 5) is 15.2. The first-order valence-electron chi connectivity index (χ1n) is 10.3. The zero-order chi connectivity index (χ0) is 19.8.